The van der Waals surface area contributed by atoms with Gasteiger partial charge >= 0.3 is 0 Å². The molecule has 0 amide bonds. The minimum absolute atomic E-state index is 0.538. The monoisotopic (exact) mass is 239 g/mol. The van der Waals surface area contributed by atoms with Gasteiger partial charge in [-0.05, 0) is 19.8 Å². The number of thiazole rings is 1. The van der Waals surface area contributed by atoms with Gasteiger partial charge < -0.3 is 10.2 Å². The molecule has 1 aliphatic heterocycles. The lowest BCUT2D eigenvalue weighted by Gasteiger charge is -2.19. The summed E-state index contributed by atoms with van der Waals surface area (Å²) in [5.74, 6) is 0. The summed E-state index contributed by atoms with van der Waals surface area (Å²) < 4.78 is 0. The summed E-state index contributed by atoms with van der Waals surface area (Å²) in [6, 6.07) is 1.20. The first kappa shape index (κ1) is 11.9. The Morgan fingerprint density at radius 1 is 1.62 bits per heavy atom. The Hall–Kier alpha value is -0.610. The van der Waals surface area contributed by atoms with Crippen LogP contribution in [-0.4, -0.2) is 23.6 Å². The molecule has 1 fully saturated rings. The fourth-order valence-electron chi connectivity index (χ4n) is 2.03. The molecule has 2 heterocycles. The fourth-order valence-corrected chi connectivity index (χ4v) is 3.02. The first-order valence-corrected chi connectivity index (χ1v) is 6.93. The minimum Gasteiger partial charge on any atom is -0.345 e. The Balaban J connectivity index is 1.96. The van der Waals surface area contributed by atoms with Crippen LogP contribution < -0.4 is 10.2 Å². The van der Waals surface area contributed by atoms with E-state index in [1.54, 1.807) is 0 Å². The first-order valence-electron chi connectivity index (χ1n) is 6.11. The predicted molar refractivity (Wildman–Crippen MR) is 70.1 cm³/mol. The van der Waals surface area contributed by atoms with Crippen molar-refractivity contribution >= 4 is 16.5 Å². The van der Waals surface area contributed by atoms with Gasteiger partial charge in [-0.1, -0.05) is 13.8 Å². The maximum atomic E-state index is 4.53. The number of nitrogens with one attached hydrogen (secondary N) is 1. The zero-order chi connectivity index (χ0) is 11.5. The number of rotatable bonds is 4. The van der Waals surface area contributed by atoms with E-state index < -0.39 is 0 Å². The van der Waals surface area contributed by atoms with Gasteiger partial charge in [0.2, 0.25) is 0 Å². The molecule has 1 atom stereocenters. The standard InChI is InChI=1S/C12H21N3S/c1-9(2)13-7-11-8-14-12(16-11)15-6-4-5-10(15)3/h8-10,13H,4-7H2,1-3H3. The van der Waals surface area contributed by atoms with Crippen molar-refractivity contribution in [3.63, 3.8) is 0 Å². The van der Waals surface area contributed by atoms with Crippen molar-refractivity contribution in [2.45, 2.75) is 52.2 Å². The fraction of sp³-hybridized carbons (Fsp3) is 0.750. The SMILES string of the molecule is CC(C)NCc1cnc(N2CCCC2C)s1. The van der Waals surface area contributed by atoms with Crippen LogP contribution >= 0.6 is 11.3 Å². The van der Waals surface area contributed by atoms with Crippen LogP contribution in [0.25, 0.3) is 0 Å². The molecule has 1 aromatic rings. The maximum Gasteiger partial charge on any atom is 0.185 e. The quantitative estimate of drug-likeness (QED) is 0.875. The van der Waals surface area contributed by atoms with Crippen LogP contribution in [0.4, 0.5) is 5.13 Å². The number of hydrogen-bond donors (Lipinski definition) is 1. The van der Waals surface area contributed by atoms with Crippen molar-refractivity contribution < 1.29 is 0 Å². The minimum atomic E-state index is 0.538. The van der Waals surface area contributed by atoms with Gasteiger partial charge in [-0.2, -0.15) is 0 Å². The molecule has 1 saturated heterocycles. The van der Waals surface area contributed by atoms with Gasteiger partial charge in [0.25, 0.3) is 0 Å². The molecule has 1 aromatic heterocycles. The Bertz CT molecular complexity index is 335. The van der Waals surface area contributed by atoms with Crippen molar-refractivity contribution in [2.24, 2.45) is 0 Å². The second-order valence-corrected chi connectivity index (χ2v) is 5.92. The van der Waals surface area contributed by atoms with E-state index in [9.17, 15) is 0 Å². The average Bonchev–Trinajstić information content (AvgIpc) is 2.83. The topological polar surface area (TPSA) is 28.2 Å². The molecule has 0 spiro atoms. The lowest BCUT2D eigenvalue weighted by Crippen LogP contribution is -2.25. The molecule has 1 N–H and O–H groups in total. The molecule has 0 saturated carbocycles. The number of nitrogens with zero attached hydrogens (tertiary/aromatic N) is 2. The van der Waals surface area contributed by atoms with Gasteiger partial charge in [0.05, 0.1) is 0 Å². The van der Waals surface area contributed by atoms with Gasteiger partial charge in [0.15, 0.2) is 5.13 Å². The number of aromatic nitrogens is 1. The summed E-state index contributed by atoms with van der Waals surface area (Å²) in [7, 11) is 0. The Morgan fingerprint density at radius 2 is 2.44 bits per heavy atom. The third-order valence-corrected chi connectivity index (χ3v) is 4.06. The van der Waals surface area contributed by atoms with Gasteiger partial charge in [-0.25, -0.2) is 4.98 Å². The van der Waals surface area contributed by atoms with Gasteiger partial charge in [0, 0.05) is 36.2 Å². The van der Waals surface area contributed by atoms with Gasteiger partial charge in [-0.15, -0.1) is 11.3 Å². The van der Waals surface area contributed by atoms with Crippen LogP contribution in [-0.2, 0) is 6.54 Å². The molecule has 16 heavy (non-hydrogen) atoms. The van der Waals surface area contributed by atoms with Crippen LogP contribution in [0.5, 0.6) is 0 Å². The maximum absolute atomic E-state index is 4.53. The molecule has 0 aliphatic carbocycles. The highest BCUT2D eigenvalue weighted by atomic mass is 32.1. The summed E-state index contributed by atoms with van der Waals surface area (Å²) in [4.78, 5) is 8.30. The first-order chi connectivity index (χ1) is 7.66. The van der Waals surface area contributed by atoms with E-state index >= 15 is 0 Å². The molecule has 0 radical (unpaired) electrons. The lowest BCUT2D eigenvalue weighted by atomic mass is 10.2. The van der Waals surface area contributed by atoms with Crippen molar-refractivity contribution in [1.29, 1.82) is 0 Å². The number of anilines is 1. The summed E-state index contributed by atoms with van der Waals surface area (Å²) in [5, 5.41) is 4.63. The molecule has 2 rings (SSSR count). The molecule has 4 heteroatoms. The highest BCUT2D eigenvalue weighted by Gasteiger charge is 2.22. The van der Waals surface area contributed by atoms with E-state index in [4.69, 9.17) is 0 Å². The highest BCUT2D eigenvalue weighted by Crippen LogP contribution is 2.29. The van der Waals surface area contributed by atoms with Crippen LogP contribution in [0.2, 0.25) is 0 Å². The van der Waals surface area contributed by atoms with Crippen LogP contribution in [0.3, 0.4) is 0 Å². The van der Waals surface area contributed by atoms with Crippen LogP contribution in [0.15, 0.2) is 6.20 Å². The molecule has 1 unspecified atom stereocenters. The van der Waals surface area contributed by atoms with Crippen molar-refractivity contribution in [3.8, 4) is 0 Å². The van der Waals surface area contributed by atoms with E-state index in [1.807, 2.05) is 17.5 Å². The zero-order valence-corrected chi connectivity index (χ0v) is 11.2. The summed E-state index contributed by atoms with van der Waals surface area (Å²) >= 11 is 1.83. The molecule has 0 aromatic carbocycles. The Kier molecular flexibility index (Phi) is 3.82. The Morgan fingerprint density at radius 3 is 3.06 bits per heavy atom. The predicted octanol–water partition coefficient (Wildman–Crippen LogP) is 2.63. The third-order valence-electron chi connectivity index (χ3n) is 3.02. The molecule has 3 nitrogen and oxygen atoms in total. The lowest BCUT2D eigenvalue weighted by molar-refractivity contribution is 0.593. The highest BCUT2D eigenvalue weighted by molar-refractivity contribution is 7.15. The van der Waals surface area contributed by atoms with Gasteiger partial charge in [-0.3, -0.25) is 0 Å². The second-order valence-electron chi connectivity index (χ2n) is 4.83. The van der Waals surface area contributed by atoms with Crippen molar-refractivity contribution in [3.05, 3.63) is 11.1 Å². The molecular formula is C12H21N3S. The van der Waals surface area contributed by atoms with E-state index in [0.29, 0.717) is 12.1 Å². The summed E-state index contributed by atoms with van der Waals surface area (Å²) in [6.45, 7) is 8.75. The number of hydrogen-bond acceptors (Lipinski definition) is 4. The van der Waals surface area contributed by atoms with E-state index in [2.05, 4.69) is 36.0 Å². The van der Waals surface area contributed by atoms with Crippen molar-refractivity contribution in [2.75, 3.05) is 11.4 Å². The molecule has 0 bridgehead atoms. The Labute approximate surface area is 102 Å². The van der Waals surface area contributed by atoms with Crippen LogP contribution in [0.1, 0.15) is 38.5 Å². The average molecular weight is 239 g/mol. The normalized spacial score (nSPS) is 21.0. The summed E-state index contributed by atoms with van der Waals surface area (Å²) in [5.41, 5.74) is 0. The molecular weight excluding hydrogens is 218 g/mol. The molecule has 1 aliphatic rings. The van der Waals surface area contributed by atoms with Crippen molar-refractivity contribution in [1.82, 2.24) is 10.3 Å². The smallest absolute Gasteiger partial charge is 0.185 e. The van der Waals surface area contributed by atoms with Gasteiger partial charge in [0.1, 0.15) is 0 Å². The van der Waals surface area contributed by atoms with E-state index in [-0.39, 0.29) is 0 Å². The van der Waals surface area contributed by atoms with E-state index in [0.717, 1.165) is 6.54 Å². The van der Waals surface area contributed by atoms with Crippen LogP contribution in [0, 0.1) is 0 Å². The molecule has 90 valence electrons. The second kappa shape index (κ2) is 5.15. The van der Waals surface area contributed by atoms with E-state index in [1.165, 1.54) is 29.4 Å². The largest absolute Gasteiger partial charge is 0.345 e. The third kappa shape index (κ3) is 2.74. The zero-order valence-electron chi connectivity index (χ0n) is 10.4. The summed E-state index contributed by atoms with van der Waals surface area (Å²) in [6.07, 6.45) is 4.62.